The monoisotopic (exact) mass is 268 g/mol. The molecule has 1 aromatic heterocycles. The summed E-state index contributed by atoms with van der Waals surface area (Å²) in [6, 6.07) is 7.58. The predicted molar refractivity (Wildman–Crippen MR) is 59.3 cm³/mol. The molecule has 2 aromatic rings. The number of anilines is 1. The SMILES string of the molecule is Nc1n[nH]nc1COc1ccccc1Br. The van der Waals surface area contributed by atoms with Crippen molar-refractivity contribution in [3.8, 4) is 5.75 Å². The maximum Gasteiger partial charge on any atom is 0.172 e. The number of nitrogen functional groups attached to an aromatic ring is 1. The summed E-state index contributed by atoms with van der Waals surface area (Å²) in [6.45, 7) is 0.297. The Bertz CT molecular complexity index is 457. The molecule has 0 saturated heterocycles. The van der Waals surface area contributed by atoms with E-state index in [9.17, 15) is 0 Å². The quantitative estimate of drug-likeness (QED) is 0.889. The first-order valence-electron chi connectivity index (χ1n) is 4.30. The van der Waals surface area contributed by atoms with Crippen LogP contribution in [0.4, 0.5) is 5.82 Å². The first-order chi connectivity index (χ1) is 7.27. The van der Waals surface area contributed by atoms with Crippen LogP contribution in [0.1, 0.15) is 5.69 Å². The Balaban J connectivity index is 2.06. The van der Waals surface area contributed by atoms with Gasteiger partial charge in [-0.15, -0.1) is 5.10 Å². The number of nitrogens with one attached hydrogen (secondary N) is 1. The van der Waals surface area contributed by atoms with E-state index < -0.39 is 0 Å². The van der Waals surface area contributed by atoms with Crippen molar-refractivity contribution in [1.29, 1.82) is 0 Å². The lowest BCUT2D eigenvalue weighted by Gasteiger charge is -2.05. The van der Waals surface area contributed by atoms with Crippen molar-refractivity contribution >= 4 is 21.7 Å². The standard InChI is InChI=1S/C9H9BrN4O/c10-6-3-1-2-4-8(6)15-5-7-9(11)13-14-12-7/h1-4H,5H2,(H3,11,12,13,14). The van der Waals surface area contributed by atoms with Crippen molar-refractivity contribution in [2.24, 2.45) is 0 Å². The van der Waals surface area contributed by atoms with E-state index in [1.165, 1.54) is 0 Å². The van der Waals surface area contributed by atoms with Crippen LogP contribution in [0.25, 0.3) is 0 Å². The first kappa shape index (κ1) is 9.97. The summed E-state index contributed by atoms with van der Waals surface area (Å²) in [4.78, 5) is 0. The van der Waals surface area contributed by atoms with Gasteiger partial charge in [-0.1, -0.05) is 12.1 Å². The average molecular weight is 269 g/mol. The molecule has 78 valence electrons. The zero-order valence-electron chi connectivity index (χ0n) is 7.77. The molecule has 0 aliphatic heterocycles. The van der Waals surface area contributed by atoms with Crippen LogP contribution in [0.2, 0.25) is 0 Å². The van der Waals surface area contributed by atoms with Gasteiger partial charge >= 0.3 is 0 Å². The molecular formula is C9H9BrN4O. The second-order valence-corrected chi connectivity index (χ2v) is 3.73. The van der Waals surface area contributed by atoms with Gasteiger partial charge in [0.2, 0.25) is 0 Å². The third-order valence-corrected chi connectivity index (χ3v) is 2.51. The summed E-state index contributed by atoms with van der Waals surface area (Å²) in [6.07, 6.45) is 0. The maximum atomic E-state index is 5.55. The summed E-state index contributed by atoms with van der Waals surface area (Å²) in [5, 5.41) is 9.99. The van der Waals surface area contributed by atoms with Crippen LogP contribution in [0.3, 0.4) is 0 Å². The summed E-state index contributed by atoms with van der Waals surface area (Å²) in [5.41, 5.74) is 6.15. The molecular weight excluding hydrogens is 260 g/mol. The smallest absolute Gasteiger partial charge is 0.172 e. The van der Waals surface area contributed by atoms with Gasteiger partial charge < -0.3 is 10.5 Å². The van der Waals surface area contributed by atoms with Gasteiger partial charge in [-0.2, -0.15) is 10.3 Å². The van der Waals surface area contributed by atoms with Crippen LogP contribution in [0.5, 0.6) is 5.75 Å². The molecule has 1 aromatic carbocycles. The molecule has 0 unspecified atom stereocenters. The number of rotatable bonds is 3. The molecule has 6 heteroatoms. The van der Waals surface area contributed by atoms with Gasteiger partial charge in [0.1, 0.15) is 18.1 Å². The lowest BCUT2D eigenvalue weighted by molar-refractivity contribution is 0.300. The Hall–Kier alpha value is -1.56. The van der Waals surface area contributed by atoms with Crippen LogP contribution in [-0.4, -0.2) is 15.4 Å². The van der Waals surface area contributed by atoms with Crippen molar-refractivity contribution in [2.45, 2.75) is 6.61 Å². The van der Waals surface area contributed by atoms with Crippen LogP contribution in [0, 0.1) is 0 Å². The Kier molecular flexibility index (Phi) is 2.86. The second kappa shape index (κ2) is 4.31. The molecule has 0 radical (unpaired) electrons. The van der Waals surface area contributed by atoms with Crippen LogP contribution in [-0.2, 0) is 6.61 Å². The third-order valence-electron chi connectivity index (χ3n) is 1.85. The molecule has 0 saturated carbocycles. The van der Waals surface area contributed by atoms with Crippen molar-refractivity contribution in [2.75, 3.05) is 5.73 Å². The number of para-hydroxylation sites is 1. The van der Waals surface area contributed by atoms with Crippen molar-refractivity contribution in [3.05, 3.63) is 34.4 Å². The van der Waals surface area contributed by atoms with E-state index in [0.717, 1.165) is 10.2 Å². The lowest BCUT2D eigenvalue weighted by atomic mass is 10.3. The Labute approximate surface area is 94.8 Å². The van der Waals surface area contributed by atoms with Gasteiger partial charge in [0, 0.05) is 0 Å². The number of benzene rings is 1. The van der Waals surface area contributed by atoms with E-state index in [1.54, 1.807) is 0 Å². The van der Waals surface area contributed by atoms with Gasteiger partial charge in [0.25, 0.3) is 0 Å². The zero-order valence-corrected chi connectivity index (χ0v) is 9.36. The Morgan fingerprint density at radius 1 is 1.33 bits per heavy atom. The van der Waals surface area contributed by atoms with Crippen LogP contribution in [0.15, 0.2) is 28.7 Å². The molecule has 0 bridgehead atoms. The Morgan fingerprint density at radius 2 is 2.13 bits per heavy atom. The van der Waals surface area contributed by atoms with Gasteiger partial charge in [-0.05, 0) is 28.1 Å². The summed E-state index contributed by atoms with van der Waals surface area (Å²) in [7, 11) is 0. The van der Waals surface area contributed by atoms with Crippen molar-refractivity contribution in [1.82, 2.24) is 15.4 Å². The van der Waals surface area contributed by atoms with Crippen LogP contribution >= 0.6 is 15.9 Å². The molecule has 1 heterocycles. The van der Waals surface area contributed by atoms with E-state index in [2.05, 4.69) is 31.3 Å². The number of ether oxygens (including phenoxy) is 1. The molecule has 0 aliphatic rings. The van der Waals surface area contributed by atoms with Gasteiger partial charge in [-0.3, -0.25) is 0 Å². The number of aromatic nitrogens is 3. The number of hydrogen-bond donors (Lipinski definition) is 2. The lowest BCUT2D eigenvalue weighted by Crippen LogP contribution is -2.00. The highest BCUT2D eigenvalue weighted by Crippen LogP contribution is 2.24. The zero-order chi connectivity index (χ0) is 10.7. The molecule has 3 N–H and O–H groups in total. The minimum absolute atomic E-state index is 0.297. The topological polar surface area (TPSA) is 76.8 Å². The summed E-state index contributed by atoms with van der Waals surface area (Å²) < 4.78 is 6.41. The van der Waals surface area contributed by atoms with Crippen LogP contribution < -0.4 is 10.5 Å². The fourth-order valence-electron chi connectivity index (χ4n) is 1.08. The third kappa shape index (κ3) is 2.27. The number of aromatic amines is 1. The number of hydrogen-bond acceptors (Lipinski definition) is 4. The molecule has 0 atom stereocenters. The number of halogens is 1. The molecule has 0 fully saturated rings. The molecule has 0 spiro atoms. The first-order valence-corrected chi connectivity index (χ1v) is 5.09. The fourth-order valence-corrected chi connectivity index (χ4v) is 1.47. The van der Waals surface area contributed by atoms with Crippen molar-refractivity contribution in [3.63, 3.8) is 0 Å². The number of nitrogens with two attached hydrogens (primary N) is 1. The van der Waals surface area contributed by atoms with Gasteiger partial charge in [-0.25, -0.2) is 0 Å². The molecule has 2 rings (SSSR count). The second-order valence-electron chi connectivity index (χ2n) is 2.87. The highest BCUT2D eigenvalue weighted by atomic mass is 79.9. The molecule has 0 aliphatic carbocycles. The van der Waals surface area contributed by atoms with Gasteiger partial charge in [0.15, 0.2) is 5.82 Å². The Morgan fingerprint density at radius 3 is 2.80 bits per heavy atom. The van der Waals surface area contributed by atoms with Crippen molar-refractivity contribution < 1.29 is 4.74 Å². The maximum absolute atomic E-state index is 5.55. The highest BCUT2D eigenvalue weighted by molar-refractivity contribution is 9.10. The normalized spacial score (nSPS) is 10.2. The van der Waals surface area contributed by atoms with E-state index in [0.29, 0.717) is 18.1 Å². The van der Waals surface area contributed by atoms with E-state index in [4.69, 9.17) is 10.5 Å². The van der Waals surface area contributed by atoms with E-state index in [-0.39, 0.29) is 0 Å². The summed E-state index contributed by atoms with van der Waals surface area (Å²) in [5.74, 6) is 1.11. The molecule has 5 nitrogen and oxygen atoms in total. The number of H-pyrrole nitrogens is 1. The fraction of sp³-hybridized carbons (Fsp3) is 0.111. The largest absolute Gasteiger partial charge is 0.486 e. The summed E-state index contributed by atoms with van der Waals surface area (Å²) >= 11 is 3.38. The molecule has 15 heavy (non-hydrogen) atoms. The van der Waals surface area contributed by atoms with E-state index >= 15 is 0 Å². The van der Waals surface area contributed by atoms with E-state index in [1.807, 2.05) is 24.3 Å². The minimum Gasteiger partial charge on any atom is -0.486 e. The number of nitrogens with zero attached hydrogens (tertiary/aromatic N) is 2. The average Bonchev–Trinajstić information content (AvgIpc) is 2.63. The highest BCUT2D eigenvalue weighted by Gasteiger charge is 2.05. The van der Waals surface area contributed by atoms with Gasteiger partial charge in [0.05, 0.1) is 4.47 Å². The minimum atomic E-state index is 0.297. The molecule has 0 amide bonds. The predicted octanol–water partition coefficient (Wildman–Crippen LogP) is 1.73.